The van der Waals surface area contributed by atoms with Crippen LogP contribution in [-0.2, 0) is 14.3 Å². The largest absolute Gasteiger partial charge is 0.459 e. The van der Waals surface area contributed by atoms with E-state index in [2.05, 4.69) is 0 Å². The Hall–Kier alpha value is -3.70. The van der Waals surface area contributed by atoms with E-state index in [0.717, 1.165) is 5.69 Å². The van der Waals surface area contributed by atoms with Crippen LogP contribution in [0, 0.1) is 21.4 Å². The average Bonchev–Trinajstić information content (AvgIpc) is 2.72. The molecule has 0 atom stereocenters. The van der Waals surface area contributed by atoms with Gasteiger partial charge < -0.3 is 14.4 Å². The van der Waals surface area contributed by atoms with Crippen molar-refractivity contribution in [3.05, 3.63) is 69.8 Å². The van der Waals surface area contributed by atoms with Crippen LogP contribution in [0.3, 0.4) is 0 Å². The van der Waals surface area contributed by atoms with Gasteiger partial charge in [0, 0.05) is 25.9 Å². The second kappa shape index (κ2) is 9.85. The van der Waals surface area contributed by atoms with Gasteiger partial charge in [0.2, 0.25) is 0 Å². The van der Waals surface area contributed by atoms with Crippen molar-refractivity contribution < 1.29 is 19.2 Å². The van der Waals surface area contributed by atoms with Gasteiger partial charge in [-0.2, -0.15) is 5.26 Å². The molecule has 0 bridgehead atoms. The highest BCUT2D eigenvalue weighted by Gasteiger charge is 2.19. The number of ether oxygens (including phenoxy) is 2. The van der Waals surface area contributed by atoms with Crippen LogP contribution < -0.4 is 4.90 Å². The number of nitriles is 1. The first-order chi connectivity index (χ1) is 13.5. The molecular weight excluding hydrogens is 362 g/mol. The maximum atomic E-state index is 11.9. The second-order valence-electron chi connectivity index (χ2n) is 5.70. The zero-order chi connectivity index (χ0) is 20.5. The molecule has 0 aliphatic carbocycles. The molecule has 144 valence electrons. The highest BCUT2D eigenvalue weighted by Crippen LogP contribution is 2.33. The lowest BCUT2D eigenvalue weighted by atomic mass is 10.1. The minimum absolute atomic E-state index is 0.00924. The Morgan fingerprint density at radius 1 is 1.25 bits per heavy atom. The summed E-state index contributed by atoms with van der Waals surface area (Å²) in [6.07, 6.45) is 1.26. The number of nitro groups is 1. The number of anilines is 2. The van der Waals surface area contributed by atoms with Crippen molar-refractivity contribution in [2.24, 2.45) is 0 Å². The highest BCUT2D eigenvalue weighted by atomic mass is 16.6. The summed E-state index contributed by atoms with van der Waals surface area (Å²) in [6, 6.07) is 15.4. The zero-order valence-corrected chi connectivity index (χ0v) is 15.5. The van der Waals surface area contributed by atoms with Crippen molar-refractivity contribution in [3.8, 4) is 6.07 Å². The molecule has 28 heavy (non-hydrogen) atoms. The predicted molar refractivity (Wildman–Crippen MR) is 104 cm³/mol. The minimum Gasteiger partial charge on any atom is -0.459 e. The van der Waals surface area contributed by atoms with E-state index in [1.54, 1.807) is 30.1 Å². The quantitative estimate of drug-likeness (QED) is 0.172. The molecule has 0 saturated carbocycles. The van der Waals surface area contributed by atoms with Crippen LogP contribution in [0.2, 0.25) is 0 Å². The Kier molecular flexibility index (Phi) is 7.25. The number of esters is 1. The third-order valence-corrected chi connectivity index (χ3v) is 3.87. The summed E-state index contributed by atoms with van der Waals surface area (Å²) in [4.78, 5) is 24.7. The maximum absolute atomic E-state index is 11.9. The van der Waals surface area contributed by atoms with Crippen LogP contribution in [0.1, 0.15) is 5.56 Å². The van der Waals surface area contributed by atoms with Gasteiger partial charge in [0.1, 0.15) is 23.9 Å². The lowest BCUT2D eigenvalue weighted by Gasteiger charge is -2.19. The van der Waals surface area contributed by atoms with E-state index in [4.69, 9.17) is 9.47 Å². The van der Waals surface area contributed by atoms with Crippen molar-refractivity contribution in [2.75, 3.05) is 32.3 Å². The Bertz CT molecular complexity index is 919. The first-order valence-electron chi connectivity index (χ1n) is 8.33. The third-order valence-electron chi connectivity index (χ3n) is 3.87. The summed E-state index contributed by atoms with van der Waals surface area (Å²) in [5.74, 6) is -0.812. The number of hydrogen-bond donors (Lipinski definition) is 0. The molecule has 0 aliphatic rings. The highest BCUT2D eigenvalue weighted by molar-refractivity contribution is 5.98. The molecule has 0 radical (unpaired) electrons. The van der Waals surface area contributed by atoms with E-state index < -0.39 is 10.9 Å². The van der Waals surface area contributed by atoms with Gasteiger partial charge in [0.25, 0.3) is 5.69 Å². The van der Waals surface area contributed by atoms with Crippen molar-refractivity contribution in [1.82, 2.24) is 0 Å². The smallest absolute Gasteiger partial charge is 0.348 e. The Balaban J connectivity index is 2.35. The summed E-state index contributed by atoms with van der Waals surface area (Å²) < 4.78 is 9.69. The molecule has 0 spiro atoms. The van der Waals surface area contributed by atoms with Crippen molar-refractivity contribution in [3.63, 3.8) is 0 Å². The first kappa shape index (κ1) is 20.6. The van der Waals surface area contributed by atoms with E-state index in [1.807, 2.05) is 30.3 Å². The summed E-state index contributed by atoms with van der Waals surface area (Å²) in [5, 5.41) is 20.8. The van der Waals surface area contributed by atoms with Gasteiger partial charge >= 0.3 is 5.97 Å². The lowest BCUT2D eigenvalue weighted by Crippen LogP contribution is -2.12. The number of nitrogens with zero attached hydrogens (tertiary/aromatic N) is 3. The van der Waals surface area contributed by atoms with E-state index >= 15 is 0 Å². The Morgan fingerprint density at radius 3 is 2.57 bits per heavy atom. The summed E-state index contributed by atoms with van der Waals surface area (Å²) in [6.45, 7) is 0.214. The predicted octanol–water partition coefficient (Wildman–Crippen LogP) is 3.46. The van der Waals surface area contributed by atoms with Crippen LogP contribution in [-0.4, -0.2) is 38.3 Å². The van der Waals surface area contributed by atoms with E-state index in [0.29, 0.717) is 11.3 Å². The fraction of sp³-hybridized carbons (Fsp3) is 0.200. The topological polar surface area (TPSA) is 106 Å². The number of benzene rings is 2. The Labute approximate surface area is 162 Å². The number of rotatable bonds is 8. The molecule has 0 saturated heterocycles. The van der Waals surface area contributed by atoms with E-state index in [9.17, 15) is 20.2 Å². The summed E-state index contributed by atoms with van der Waals surface area (Å²) in [7, 11) is 3.18. The molecule has 2 aromatic carbocycles. The normalized spacial score (nSPS) is 10.8. The average molecular weight is 381 g/mol. The van der Waals surface area contributed by atoms with Crippen molar-refractivity contribution >= 4 is 29.1 Å². The fourth-order valence-corrected chi connectivity index (χ4v) is 2.45. The number of nitro benzene ring substituents is 1. The lowest BCUT2D eigenvalue weighted by molar-refractivity contribution is -0.384. The van der Waals surface area contributed by atoms with Gasteiger partial charge in [-0.05, 0) is 29.8 Å². The fourth-order valence-electron chi connectivity index (χ4n) is 2.45. The molecule has 8 nitrogen and oxygen atoms in total. The van der Waals surface area contributed by atoms with Crippen molar-refractivity contribution in [2.45, 2.75) is 0 Å². The van der Waals surface area contributed by atoms with Crippen LogP contribution in [0.25, 0.3) is 6.08 Å². The van der Waals surface area contributed by atoms with Gasteiger partial charge in [0.15, 0.2) is 0 Å². The number of methoxy groups -OCH3 is 1. The van der Waals surface area contributed by atoms with Crippen LogP contribution in [0.5, 0.6) is 0 Å². The van der Waals surface area contributed by atoms with Crippen LogP contribution in [0.15, 0.2) is 54.1 Å². The SMILES string of the molecule is COCCOC(=O)/C(C#N)=C/c1ccc(N(C)c2ccccc2)c([N+](=O)[O-])c1. The molecule has 0 N–H and O–H groups in total. The molecule has 0 heterocycles. The van der Waals surface area contributed by atoms with E-state index in [1.165, 1.54) is 19.3 Å². The van der Waals surface area contributed by atoms with E-state index in [-0.39, 0.29) is 24.5 Å². The third kappa shape index (κ3) is 5.16. The second-order valence-corrected chi connectivity index (χ2v) is 5.70. The number of hydrogen-bond acceptors (Lipinski definition) is 7. The number of carbonyl (C=O) groups is 1. The van der Waals surface area contributed by atoms with Crippen LogP contribution >= 0.6 is 0 Å². The van der Waals surface area contributed by atoms with Gasteiger partial charge in [-0.25, -0.2) is 4.79 Å². The van der Waals surface area contributed by atoms with Gasteiger partial charge in [-0.3, -0.25) is 10.1 Å². The molecule has 2 rings (SSSR count). The molecular formula is C20H19N3O5. The molecule has 8 heteroatoms. The maximum Gasteiger partial charge on any atom is 0.348 e. The standard InChI is InChI=1S/C20H19N3O5/c1-22(17-6-4-3-5-7-17)18-9-8-15(13-19(18)23(25)26)12-16(14-21)20(24)28-11-10-27-2/h3-9,12-13H,10-11H2,1-2H3/b16-12+. The Morgan fingerprint density at radius 2 is 1.96 bits per heavy atom. The first-order valence-corrected chi connectivity index (χ1v) is 8.33. The molecule has 0 aliphatic heterocycles. The molecule has 2 aromatic rings. The zero-order valence-electron chi connectivity index (χ0n) is 15.5. The molecule has 0 aromatic heterocycles. The molecule has 0 unspecified atom stereocenters. The minimum atomic E-state index is -0.812. The van der Waals surface area contributed by atoms with Crippen molar-refractivity contribution in [1.29, 1.82) is 5.26 Å². The van der Waals surface area contributed by atoms with Gasteiger partial charge in [0.05, 0.1) is 11.5 Å². The summed E-state index contributed by atoms with van der Waals surface area (Å²) >= 11 is 0. The molecule has 0 fully saturated rings. The number of carbonyl (C=O) groups excluding carboxylic acids is 1. The van der Waals surface area contributed by atoms with Crippen LogP contribution in [0.4, 0.5) is 17.1 Å². The monoisotopic (exact) mass is 381 g/mol. The van der Waals surface area contributed by atoms with Gasteiger partial charge in [-0.1, -0.05) is 24.3 Å². The molecule has 0 amide bonds. The number of para-hydroxylation sites is 1. The van der Waals surface area contributed by atoms with Gasteiger partial charge in [-0.15, -0.1) is 0 Å². The summed E-state index contributed by atoms with van der Waals surface area (Å²) in [5.41, 5.74) is 1.11.